The summed E-state index contributed by atoms with van der Waals surface area (Å²) < 4.78 is 7.49. The third-order valence-corrected chi connectivity index (χ3v) is 4.53. The topological polar surface area (TPSA) is 51.3 Å². The lowest BCUT2D eigenvalue weighted by Gasteiger charge is -2.27. The Balaban J connectivity index is 1.74. The average molecular weight is 301 g/mol. The largest absolute Gasteiger partial charge is 0.466 e. The second-order valence-electron chi connectivity index (χ2n) is 6.15. The fourth-order valence-electron chi connectivity index (χ4n) is 3.40. The minimum absolute atomic E-state index is 0.157. The quantitative estimate of drug-likeness (QED) is 0.872. The number of aromatic nitrogens is 2. The van der Waals surface area contributed by atoms with E-state index in [4.69, 9.17) is 4.42 Å². The van der Waals surface area contributed by atoms with Crippen molar-refractivity contribution in [3.8, 4) is 0 Å². The number of furan rings is 1. The van der Waals surface area contributed by atoms with Gasteiger partial charge in [0, 0.05) is 24.5 Å². The lowest BCUT2D eigenvalue weighted by molar-refractivity contribution is -0.133. The number of amides is 1. The van der Waals surface area contributed by atoms with Crippen molar-refractivity contribution in [1.82, 2.24) is 14.7 Å². The maximum atomic E-state index is 12.9. The smallest absolute Gasteiger partial charge is 0.230 e. The molecule has 0 bridgehead atoms. The van der Waals surface area contributed by atoms with Gasteiger partial charge >= 0.3 is 0 Å². The molecule has 3 heterocycles. The van der Waals surface area contributed by atoms with E-state index in [1.807, 2.05) is 48.7 Å². The van der Waals surface area contributed by atoms with Crippen molar-refractivity contribution in [3.63, 3.8) is 0 Å². The van der Waals surface area contributed by atoms with E-state index in [0.29, 0.717) is 0 Å². The summed E-state index contributed by atoms with van der Waals surface area (Å²) in [5, 5.41) is 4.26. The van der Waals surface area contributed by atoms with Gasteiger partial charge in [-0.1, -0.05) is 0 Å². The van der Waals surface area contributed by atoms with Crippen LogP contribution in [0.2, 0.25) is 0 Å². The Bertz CT molecular complexity index is 645. The highest BCUT2D eigenvalue weighted by molar-refractivity contribution is 5.84. The van der Waals surface area contributed by atoms with E-state index in [-0.39, 0.29) is 17.9 Å². The van der Waals surface area contributed by atoms with E-state index in [0.717, 1.165) is 43.0 Å². The molecule has 1 amide bonds. The molecule has 2 atom stereocenters. The van der Waals surface area contributed by atoms with Gasteiger partial charge in [-0.25, -0.2) is 0 Å². The number of nitrogens with zero attached hydrogens (tertiary/aromatic N) is 3. The van der Waals surface area contributed by atoms with Crippen LogP contribution in [-0.2, 0) is 11.3 Å². The number of rotatable bonds is 4. The molecule has 1 aliphatic rings. The van der Waals surface area contributed by atoms with Gasteiger partial charge in [-0.15, -0.1) is 0 Å². The number of hydrogen-bond donors (Lipinski definition) is 0. The summed E-state index contributed by atoms with van der Waals surface area (Å²) in [6.07, 6.45) is 5.84. The van der Waals surface area contributed by atoms with Crippen LogP contribution in [0.5, 0.6) is 0 Å². The molecule has 0 aromatic carbocycles. The number of aryl methyl sites for hydroxylation is 2. The van der Waals surface area contributed by atoms with Gasteiger partial charge in [0.1, 0.15) is 11.5 Å². The molecule has 3 rings (SSSR count). The summed E-state index contributed by atoms with van der Waals surface area (Å²) in [4.78, 5) is 14.9. The van der Waals surface area contributed by atoms with E-state index in [2.05, 4.69) is 5.10 Å². The molecule has 0 spiro atoms. The zero-order valence-electron chi connectivity index (χ0n) is 13.5. The van der Waals surface area contributed by atoms with Crippen molar-refractivity contribution in [2.45, 2.75) is 52.1 Å². The monoisotopic (exact) mass is 301 g/mol. The summed E-state index contributed by atoms with van der Waals surface area (Å²) in [6, 6.07) is 4.14. The van der Waals surface area contributed by atoms with E-state index in [9.17, 15) is 4.79 Å². The maximum Gasteiger partial charge on any atom is 0.230 e. The Morgan fingerprint density at radius 3 is 2.95 bits per heavy atom. The summed E-state index contributed by atoms with van der Waals surface area (Å²) in [5.74, 6) is 1.75. The molecule has 1 aliphatic heterocycles. The summed E-state index contributed by atoms with van der Waals surface area (Å²) in [7, 11) is 0. The number of carbonyl (C=O) groups excluding carboxylic acids is 1. The van der Waals surface area contributed by atoms with E-state index in [1.165, 1.54) is 0 Å². The van der Waals surface area contributed by atoms with Crippen LogP contribution in [0.3, 0.4) is 0 Å². The van der Waals surface area contributed by atoms with E-state index >= 15 is 0 Å². The fourth-order valence-corrected chi connectivity index (χ4v) is 3.40. The number of carbonyl (C=O) groups is 1. The van der Waals surface area contributed by atoms with Crippen LogP contribution in [0.25, 0.3) is 0 Å². The second kappa shape index (κ2) is 5.99. The molecule has 0 aliphatic carbocycles. The summed E-state index contributed by atoms with van der Waals surface area (Å²) >= 11 is 0. The van der Waals surface area contributed by atoms with Crippen molar-refractivity contribution in [1.29, 1.82) is 0 Å². The Kier molecular flexibility index (Phi) is 4.05. The molecule has 1 fully saturated rings. The Morgan fingerprint density at radius 2 is 2.32 bits per heavy atom. The molecule has 2 aromatic rings. The molecule has 0 unspecified atom stereocenters. The van der Waals surface area contributed by atoms with Crippen LogP contribution < -0.4 is 0 Å². The summed E-state index contributed by atoms with van der Waals surface area (Å²) in [5.41, 5.74) is 1.01. The molecular weight excluding hydrogens is 278 g/mol. The molecule has 1 saturated heterocycles. The van der Waals surface area contributed by atoms with Crippen molar-refractivity contribution in [3.05, 3.63) is 41.6 Å². The summed E-state index contributed by atoms with van der Waals surface area (Å²) in [6.45, 7) is 7.43. The van der Waals surface area contributed by atoms with Gasteiger partial charge in [0.2, 0.25) is 5.91 Å². The van der Waals surface area contributed by atoms with Crippen LogP contribution in [0, 0.1) is 13.8 Å². The van der Waals surface area contributed by atoms with Crippen molar-refractivity contribution in [2.24, 2.45) is 0 Å². The van der Waals surface area contributed by atoms with Crippen LogP contribution in [0.4, 0.5) is 0 Å². The first-order valence-electron chi connectivity index (χ1n) is 7.91. The molecule has 0 radical (unpaired) electrons. The third-order valence-electron chi connectivity index (χ3n) is 4.53. The first kappa shape index (κ1) is 14.9. The molecule has 22 heavy (non-hydrogen) atoms. The molecular formula is C17H23N3O2. The van der Waals surface area contributed by atoms with Crippen LogP contribution >= 0.6 is 0 Å². The highest BCUT2D eigenvalue weighted by Gasteiger charge is 2.33. The highest BCUT2D eigenvalue weighted by atomic mass is 16.3. The molecule has 5 heteroatoms. The lowest BCUT2D eigenvalue weighted by atomic mass is 9.99. The van der Waals surface area contributed by atoms with Gasteiger partial charge in [-0.3, -0.25) is 9.48 Å². The SMILES string of the molecule is Cc1cc([C@H](C)C(=O)N2CCC[C@H]2Cn2cccn2)c(C)o1. The predicted molar refractivity (Wildman–Crippen MR) is 83.6 cm³/mol. The van der Waals surface area contributed by atoms with Gasteiger partial charge < -0.3 is 9.32 Å². The zero-order valence-corrected chi connectivity index (χ0v) is 13.5. The minimum atomic E-state index is -0.157. The van der Waals surface area contributed by atoms with Crippen LogP contribution in [0.15, 0.2) is 28.9 Å². The molecule has 118 valence electrons. The van der Waals surface area contributed by atoms with E-state index in [1.54, 1.807) is 6.20 Å². The van der Waals surface area contributed by atoms with Gasteiger partial charge in [0.15, 0.2) is 0 Å². The minimum Gasteiger partial charge on any atom is -0.466 e. The highest BCUT2D eigenvalue weighted by Crippen LogP contribution is 2.28. The Hall–Kier alpha value is -2.04. The van der Waals surface area contributed by atoms with Gasteiger partial charge in [-0.05, 0) is 45.7 Å². The van der Waals surface area contributed by atoms with Gasteiger partial charge in [-0.2, -0.15) is 5.10 Å². The van der Waals surface area contributed by atoms with Gasteiger partial charge in [0.25, 0.3) is 0 Å². The van der Waals surface area contributed by atoms with Crippen molar-refractivity contribution in [2.75, 3.05) is 6.54 Å². The predicted octanol–water partition coefficient (Wildman–Crippen LogP) is 2.89. The molecule has 2 aromatic heterocycles. The van der Waals surface area contributed by atoms with Crippen LogP contribution in [-0.4, -0.2) is 33.2 Å². The van der Waals surface area contributed by atoms with Crippen molar-refractivity contribution >= 4 is 5.91 Å². The van der Waals surface area contributed by atoms with Gasteiger partial charge in [0.05, 0.1) is 18.5 Å². The normalized spacial score (nSPS) is 19.6. The fraction of sp³-hybridized carbons (Fsp3) is 0.529. The third kappa shape index (κ3) is 2.80. The van der Waals surface area contributed by atoms with Crippen molar-refractivity contribution < 1.29 is 9.21 Å². The first-order valence-corrected chi connectivity index (χ1v) is 7.91. The van der Waals surface area contributed by atoms with Crippen LogP contribution in [0.1, 0.15) is 42.8 Å². The molecule has 5 nitrogen and oxygen atoms in total. The average Bonchev–Trinajstić information content (AvgIpc) is 3.20. The Labute approximate surface area is 130 Å². The first-order chi connectivity index (χ1) is 10.6. The lowest BCUT2D eigenvalue weighted by Crippen LogP contribution is -2.40. The second-order valence-corrected chi connectivity index (χ2v) is 6.15. The Morgan fingerprint density at radius 1 is 1.50 bits per heavy atom. The zero-order chi connectivity index (χ0) is 15.7. The molecule has 0 saturated carbocycles. The molecule has 0 N–H and O–H groups in total. The number of likely N-dealkylation sites (tertiary alicyclic amines) is 1. The number of hydrogen-bond acceptors (Lipinski definition) is 3. The standard InChI is InChI=1S/C17H23N3O2/c1-12-10-16(14(3)22-12)13(2)17(21)20-9-4-6-15(20)11-19-8-5-7-18-19/h5,7-8,10,13,15H,4,6,9,11H2,1-3H3/t13-,15-/m0/s1. The maximum absolute atomic E-state index is 12.9. The van der Waals surface area contributed by atoms with E-state index < -0.39 is 0 Å².